The first-order valence-electron chi connectivity index (χ1n) is 14.8. The number of alkyl halides is 6. The predicted octanol–water partition coefficient (Wildman–Crippen LogP) is 5.02. The summed E-state index contributed by atoms with van der Waals surface area (Å²) < 4.78 is 95.9. The molecule has 1 aliphatic heterocycles. The number of hydrogen-bond donors (Lipinski definition) is 4. The molecule has 0 bridgehead atoms. The molecule has 50 heavy (non-hydrogen) atoms. The average Bonchev–Trinajstić information content (AvgIpc) is 3.03. The van der Waals surface area contributed by atoms with Crippen molar-refractivity contribution in [3.8, 4) is 5.75 Å². The number of benzene rings is 2. The highest BCUT2D eigenvalue weighted by Crippen LogP contribution is 2.29. The van der Waals surface area contributed by atoms with E-state index in [1.54, 1.807) is 29.7 Å². The van der Waals surface area contributed by atoms with Crippen molar-refractivity contribution in [2.24, 2.45) is 11.8 Å². The fraction of sp³-hybridized carbons (Fsp3) is 0.419. The fourth-order valence-electron chi connectivity index (χ4n) is 5.02. The summed E-state index contributed by atoms with van der Waals surface area (Å²) in [6, 6.07) is 16.3. The Morgan fingerprint density at radius 1 is 0.980 bits per heavy atom. The number of carbonyl (C=O) groups excluding carboxylic acids is 1. The molecule has 2 aromatic carbocycles. The molecule has 1 amide bonds. The number of para-hydroxylation sites is 1. The van der Waals surface area contributed by atoms with Gasteiger partial charge in [0.2, 0.25) is 5.91 Å². The number of hydrogen-bond acceptors (Lipinski definition) is 9. The Kier molecular flexibility index (Phi) is 15.0. The maximum absolute atomic E-state index is 13.2. The number of amides is 1. The first-order valence-corrected chi connectivity index (χ1v) is 16.4. The molecule has 1 aliphatic rings. The Hall–Kier alpha value is -4.49. The minimum atomic E-state index is -5.08. The van der Waals surface area contributed by atoms with Gasteiger partial charge in [-0.25, -0.2) is 23.5 Å². The lowest BCUT2D eigenvalue weighted by atomic mass is 9.86. The second kappa shape index (κ2) is 18.0. The SMILES string of the molecule is CCCN1CC[C@H](C(=O)NO)[C@H](CS(=O)(=O)c2ccc(OCc3cc(C)nc4ccccc34)cc2)C1.O=C(O)C(F)(F)F.O=C(O)C(F)(F)F. The second-order valence-corrected chi connectivity index (χ2v) is 13.1. The number of likely N-dealkylation sites (tertiary alicyclic amines) is 1. The fourth-order valence-corrected chi connectivity index (χ4v) is 6.66. The van der Waals surface area contributed by atoms with Gasteiger partial charge in [0, 0.05) is 29.1 Å². The molecule has 0 saturated carbocycles. The van der Waals surface area contributed by atoms with Crippen LogP contribution < -0.4 is 10.2 Å². The topological polar surface area (TPSA) is 183 Å². The van der Waals surface area contributed by atoms with Crippen molar-refractivity contribution < 1.29 is 69.3 Å². The van der Waals surface area contributed by atoms with E-state index in [4.69, 9.17) is 29.7 Å². The summed E-state index contributed by atoms with van der Waals surface area (Å²) in [6.45, 7) is 6.41. The van der Waals surface area contributed by atoms with Crippen LogP contribution >= 0.6 is 0 Å². The Bertz CT molecular complexity index is 1700. The lowest BCUT2D eigenvalue weighted by molar-refractivity contribution is -0.193. The van der Waals surface area contributed by atoms with Crippen LogP contribution in [0.1, 0.15) is 31.0 Å². The van der Waals surface area contributed by atoms with Crippen molar-refractivity contribution in [2.45, 2.75) is 50.5 Å². The van der Waals surface area contributed by atoms with Crippen molar-refractivity contribution in [1.29, 1.82) is 0 Å². The molecule has 0 aliphatic carbocycles. The standard InChI is InChI=1S/C27H33N3O5S.2C2HF3O2/c1-3-13-30-14-12-25(27(31)29-32)21(16-30)18-36(33,34)23-10-8-22(9-11-23)35-17-20-15-19(2)28-26-7-5-4-6-24(20)26;2*3-2(4,5)1(6)7/h4-11,15,21,25,32H,3,12-14,16-18H2,1-2H3,(H,29,31);2*(H,6,7)/t21-,25-;;/m0../s1. The molecule has 1 saturated heterocycles. The van der Waals surface area contributed by atoms with Gasteiger partial charge in [0.25, 0.3) is 0 Å². The molecule has 2 heterocycles. The first-order chi connectivity index (χ1) is 23.2. The monoisotopic (exact) mass is 739 g/mol. The van der Waals surface area contributed by atoms with Gasteiger partial charge in [0.1, 0.15) is 12.4 Å². The van der Waals surface area contributed by atoms with E-state index in [0.29, 0.717) is 31.9 Å². The normalized spacial score (nSPS) is 16.7. The Labute approximate surface area is 282 Å². The summed E-state index contributed by atoms with van der Waals surface area (Å²) in [5.41, 5.74) is 4.54. The highest BCUT2D eigenvalue weighted by Gasteiger charge is 2.39. The number of nitrogens with zero attached hydrogens (tertiary/aromatic N) is 2. The molecule has 0 unspecified atom stereocenters. The van der Waals surface area contributed by atoms with Gasteiger partial charge in [0.15, 0.2) is 9.84 Å². The Morgan fingerprint density at radius 3 is 2.06 bits per heavy atom. The quantitative estimate of drug-likeness (QED) is 0.131. The number of aliphatic carboxylic acids is 2. The predicted molar refractivity (Wildman–Crippen MR) is 165 cm³/mol. The van der Waals surface area contributed by atoms with Gasteiger partial charge in [-0.2, -0.15) is 26.3 Å². The number of carbonyl (C=O) groups is 3. The molecule has 4 N–H and O–H groups in total. The number of aromatic nitrogens is 1. The van der Waals surface area contributed by atoms with E-state index in [1.165, 1.54) is 0 Å². The van der Waals surface area contributed by atoms with Gasteiger partial charge in [-0.05, 0) is 75.2 Å². The number of carboxylic acid groups (broad SMARTS) is 2. The van der Waals surface area contributed by atoms with Crippen LogP contribution in [-0.4, -0.2) is 89.3 Å². The van der Waals surface area contributed by atoms with Crippen molar-refractivity contribution in [2.75, 3.05) is 25.4 Å². The number of nitrogens with one attached hydrogen (secondary N) is 1. The molecule has 19 heteroatoms. The minimum Gasteiger partial charge on any atom is -0.489 e. The van der Waals surface area contributed by atoms with E-state index in [1.807, 2.05) is 37.3 Å². The summed E-state index contributed by atoms with van der Waals surface area (Å²) in [6.07, 6.45) is -8.70. The Balaban J connectivity index is 0.000000521. The molecule has 276 valence electrons. The lowest BCUT2D eigenvalue weighted by Gasteiger charge is -2.37. The number of piperidine rings is 1. The van der Waals surface area contributed by atoms with E-state index in [9.17, 15) is 39.6 Å². The zero-order chi connectivity index (χ0) is 37.9. The van der Waals surface area contributed by atoms with Crippen molar-refractivity contribution in [3.63, 3.8) is 0 Å². The van der Waals surface area contributed by atoms with Gasteiger partial charge < -0.3 is 19.8 Å². The van der Waals surface area contributed by atoms with Crippen LogP contribution in [0.25, 0.3) is 10.9 Å². The number of sulfone groups is 1. The van der Waals surface area contributed by atoms with E-state index < -0.39 is 51.9 Å². The zero-order valence-corrected chi connectivity index (χ0v) is 27.5. The lowest BCUT2D eigenvalue weighted by Crippen LogP contribution is -2.48. The number of aryl methyl sites for hydroxylation is 1. The molecule has 4 rings (SSSR count). The van der Waals surface area contributed by atoms with E-state index in [2.05, 4.69) is 16.8 Å². The molecular formula is C31H35F6N3O9S. The number of rotatable bonds is 9. The molecule has 1 aromatic heterocycles. The minimum absolute atomic E-state index is 0.159. The van der Waals surface area contributed by atoms with Crippen LogP contribution in [0.3, 0.4) is 0 Å². The first kappa shape index (κ1) is 41.7. The maximum atomic E-state index is 13.2. The van der Waals surface area contributed by atoms with E-state index in [0.717, 1.165) is 35.1 Å². The number of pyridine rings is 1. The van der Waals surface area contributed by atoms with Crippen LogP contribution in [0, 0.1) is 18.8 Å². The maximum Gasteiger partial charge on any atom is 0.490 e. The smallest absolute Gasteiger partial charge is 0.489 e. The largest absolute Gasteiger partial charge is 0.490 e. The highest BCUT2D eigenvalue weighted by molar-refractivity contribution is 7.91. The molecule has 12 nitrogen and oxygen atoms in total. The van der Waals surface area contributed by atoms with E-state index in [-0.39, 0.29) is 10.6 Å². The van der Waals surface area contributed by atoms with Crippen LogP contribution in [-0.2, 0) is 30.8 Å². The second-order valence-electron chi connectivity index (χ2n) is 11.0. The van der Waals surface area contributed by atoms with Crippen LogP contribution in [0.15, 0.2) is 59.5 Å². The summed E-state index contributed by atoms with van der Waals surface area (Å²) in [5, 5.41) is 24.4. The Morgan fingerprint density at radius 2 is 1.54 bits per heavy atom. The van der Waals surface area contributed by atoms with Crippen LogP contribution in [0.5, 0.6) is 5.75 Å². The highest BCUT2D eigenvalue weighted by atomic mass is 32.2. The molecule has 3 aromatic rings. The summed E-state index contributed by atoms with van der Waals surface area (Å²) in [5.74, 6) is -6.57. The number of ether oxygens (including phenoxy) is 1. The van der Waals surface area contributed by atoms with Crippen molar-refractivity contribution in [3.05, 3.63) is 65.9 Å². The van der Waals surface area contributed by atoms with Gasteiger partial charge in [0.05, 0.1) is 16.2 Å². The van der Waals surface area contributed by atoms with E-state index >= 15 is 0 Å². The third kappa shape index (κ3) is 12.8. The summed E-state index contributed by atoms with van der Waals surface area (Å²) in [4.78, 5) is 36.9. The van der Waals surface area contributed by atoms with Gasteiger partial charge in [-0.15, -0.1) is 0 Å². The van der Waals surface area contributed by atoms with Crippen molar-refractivity contribution in [1.82, 2.24) is 15.4 Å². The van der Waals surface area contributed by atoms with Crippen LogP contribution in [0.2, 0.25) is 0 Å². The average molecular weight is 740 g/mol. The van der Waals surface area contributed by atoms with Gasteiger partial charge in [-0.1, -0.05) is 25.1 Å². The molecular weight excluding hydrogens is 704 g/mol. The summed E-state index contributed by atoms with van der Waals surface area (Å²) >= 11 is 0. The molecule has 0 spiro atoms. The van der Waals surface area contributed by atoms with Crippen molar-refractivity contribution >= 4 is 38.6 Å². The summed E-state index contributed by atoms with van der Waals surface area (Å²) in [7, 11) is -3.64. The third-order valence-corrected chi connectivity index (χ3v) is 9.09. The van der Waals surface area contributed by atoms with Gasteiger partial charge in [-0.3, -0.25) is 15.0 Å². The van der Waals surface area contributed by atoms with Crippen LogP contribution in [0.4, 0.5) is 26.3 Å². The zero-order valence-electron chi connectivity index (χ0n) is 26.7. The third-order valence-electron chi connectivity index (χ3n) is 7.23. The molecule has 2 atom stereocenters. The molecule has 1 fully saturated rings. The van der Waals surface area contributed by atoms with Gasteiger partial charge >= 0.3 is 24.3 Å². The number of halogens is 6. The number of carboxylic acids is 2. The number of hydroxylamine groups is 1. The molecule has 0 radical (unpaired) electrons. The number of fused-ring (bicyclic) bond motifs is 1.